The minimum atomic E-state index is -0.272. The van der Waals surface area contributed by atoms with Crippen molar-refractivity contribution in [3.8, 4) is 11.5 Å². The molecule has 3 atom stereocenters. The van der Waals surface area contributed by atoms with Crippen LogP contribution < -0.4 is 4.74 Å². The van der Waals surface area contributed by atoms with Gasteiger partial charge in [-0.2, -0.15) is 0 Å². The van der Waals surface area contributed by atoms with E-state index in [1.54, 1.807) is 12.1 Å². The van der Waals surface area contributed by atoms with E-state index in [2.05, 4.69) is 62.4 Å². The number of aromatic hydroxyl groups is 1. The zero-order valence-electron chi connectivity index (χ0n) is 23.6. The Hall–Kier alpha value is -2.78. The molecule has 0 radical (unpaired) electrons. The number of rotatable bonds is 13. The summed E-state index contributed by atoms with van der Waals surface area (Å²) in [4.78, 5) is 0. The van der Waals surface area contributed by atoms with Crippen LogP contribution in [0.15, 0.2) is 72.8 Å². The van der Waals surface area contributed by atoms with Crippen molar-refractivity contribution in [3.05, 3.63) is 95.1 Å². The first-order valence-corrected chi connectivity index (χ1v) is 14.8. The average molecular weight is 515 g/mol. The second-order valence-corrected chi connectivity index (χ2v) is 11.1. The van der Waals surface area contributed by atoms with Crippen molar-refractivity contribution in [2.24, 2.45) is 0 Å². The third kappa shape index (κ3) is 8.36. The zero-order valence-corrected chi connectivity index (χ0v) is 23.6. The second kappa shape index (κ2) is 14.4. The van der Waals surface area contributed by atoms with Gasteiger partial charge in [0.25, 0.3) is 0 Å². The summed E-state index contributed by atoms with van der Waals surface area (Å²) in [6.07, 6.45) is 10.8. The van der Waals surface area contributed by atoms with Crippen LogP contribution in [-0.4, -0.2) is 18.0 Å². The highest BCUT2D eigenvalue weighted by Crippen LogP contribution is 2.34. The standard InChI is InChI=1S/C35H46O3/c1-4-29(25-26(2)30-16-20-34(36)21-17-30)32-18-22-35(23-19-32)38-27(3)37-24-8-9-28-12-14-33(15-13-28)31-10-6-5-7-11-31/h12-23,26-27,29,31,36H,4-11,24-25H2,1-3H3. The van der Waals surface area contributed by atoms with Gasteiger partial charge in [-0.15, -0.1) is 0 Å². The summed E-state index contributed by atoms with van der Waals surface area (Å²) in [5, 5.41) is 9.57. The third-order valence-electron chi connectivity index (χ3n) is 8.27. The van der Waals surface area contributed by atoms with Crippen LogP contribution in [0.2, 0.25) is 0 Å². The fourth-order valence-corrected chi connectivity index (χ4v) is 5.87. The number of hydrogen-bond acceptors (Lipinski definition) is 3. The van der Waals surface area contributed by atoms with Gasteiger partial charge < -0.3 is 14.6 Å². The van der Waals surface area contributed by atoms with Gasteiger partial charge in [0.2, 0.25) is 0 Å². The highest BCUT2D eigenvalue weighted by atomic mass is 16.7. The Morgan fingerprint density at radius 1 is 0.816 bits per heavy atom. The van der Waals surface area contributed by atoms with Crippen LogP contribution in [0.4, 0.5) is 0 Å². The SMILES string of the molecule is CCC(CC(C)c1ccc(O)cc1)c1ccc(OC(C)OCCCc2ccc(C3CCCCC3)cc2)cc1. The van der Waals surface area contributed by atoms with E-state index in [1.807, 2.05) is 19.1 Å². The molecule has 3 heteroatoms. The highest BCUT2D eigenvalue weighted by molar-refractivity contribution is 5.32. The number of hydrogen-bond donors (Lipinski definition) is 1. The smallest absolute Gasteiger partial charge is 0.196 e. The summed E-state index contributed by atoms with van der Waals surface area (Å²) in [7, 11) is 0. The summed E-state index contributed by atoms with van der Waals surface area (Å²) in [5.41, 5.74) is 5.52. The molecule has 204 valence electrons. The summed E-state index contributed by atoms with van der Waals surface area (Å²) in [6.45, 7) is 7.18. The van der Waals surface area contributed by atoms with Gasteiger partial charge in [0.15, 0.2) is 6.29 Å². The third-order valence-corrected chi connectivity index (χ3v) is 8.27. The van der Waals surface area contributed by atoms with Crippen molar-refractivity contribution in [2.75, 3.05) is 6.61 Å². The van der Waals surface area contributed by atoms with E-state index >= 15 is 0 Å². The van der Waals surface area contributed by atoms with Gasteiger partial charge in [-0.3, -0.25) is 0 Å². The molecule has 0 saturated heterocycles. The van der Waals surface area contributed by atoms with E-state index in [0.29, 0.717) is 24.2 Å². The largest absolute Gasteiger partial charge is 0.508 e. The molecule has 0 amide bonds. The predicted molar refractivity (Wildman–Crippen MR) is 157 cm³/mol. The monoisotopic (exact) mass is 514 g/mol. The lowest BCUT2D eigenvalue weighted by atomic mass is 9.84. The molecule has 38 heavy (non-hydrogen) atoms. The average Bonchev–Trinajstić information content (AvgIpc) is 2.95. The Morgan fingerprint density at radius 2 is 1.47 bits per heavy atom. The normalized spacial score (nSPS) is 16.6. The van der Waals surface area contributed by atoms with Crippen molar-refractivity contribution in [1.82, 2.24) is 0 Å². The summed E-state index contributed by atoms with van der Waals surface area (Å²) in [6, 6.07) is 25.4. The van der Waals surface area contributed by atoms with Crippen LogP contribution in [0.5, 0.6) is 11.5 Å². The maximum absolute atomic E-state index is 9.57. The second-order valence-electron chi connectivity index (χ2n) is 11.1. The predicted octanol–water partition coefficient (Wildman–Crippen LogP) is 9.50. The lowest BCUT2D eigenvalue weighted by molar-refractivity contribution is -0.0672. The van der Waals surface area contributed by atoms with Crippen LogP contribution in [0.1, 0.15) is 112 Å². The molecule has 1 fully saturated rings. The molecule has 0 spiro atoms. The summed E-state index contributed by atoms with van der Waals surface area (Å²) >= 11 is 0. The Morgan fingerprint density at radius 3 is 2.13 bits per heavy atom. The Labute approximate surface area is 230 Å². The molecule has 0 heterocycles. The first-order chi connectivity index (χ1) is 18.5. The molecule has 4 rings (SSSR count). The first kappa shape index (κ1) is 28.2. The number of phenolic OH excluding ortho intramolecular Hbond substituents is 1. The molecule has 3 unspecified atom stereocenters. The van der Waals surface area contributed by atoms with Gasteiger partial charge in [-0.05, 0) is 110 Å². The molecule has 1 aliphatic carbocycles. The Balaban J connectivity index is 1.18. The molecule has 3 nitrogen and oxygen atoms in total. The fourth-order valence-electron chi connectivity index (χ4n) is 5.87. The van der Waals surface area contributed by atoms with E-state index in [0.717, 1.165) is 37.4 Å². The van der Waals surface area contributed by atoms with E-state index in [1.165, 1.54) is 54.4 Å². The molecule has 0 aromatic heterocycles. The van der Waals surface area contributed by atoms with Gasteiger partial charge in [0.1, 0.15) is 11.5 Å². The van der Waals surface area contributed by atoms with E-state index in [-0.39, 0.29) is 6.29 Å². The van der Waals surface area contributed by atoms with Gasteiger partial charge >= 0.3 is 0 Å². The lowest BCUT2D eigenvalue weighted by Gasteiger charge is -2.22. The molecule has 1 saturated carbocycles. The molecule has 3 aromatic rings. The van der Waals surface area contributed by atoms with Gasteiger partial charge in [0, 0.05) is 0 Å². The van der Waals surface area contributed by atoms with E-state index in [4.69, 9.17) is 9.47 Å². The lowest BCUT2D eigenvalue weighted by Crippen LogP contribution is -2.17. The first-order valence-electron chi connectivity index (χ1n) is 14.8. The molecular formula is C35H46O3. The number of ether oxygens (including phenoxy) is 2. The molecular weight excluding hydrogens is 468 g/mol. The molecule has 1 aliphatic rings. The molecule has 0 aliphatic heterocycles. The van der Waals surface area contributed by atoms with Crippen molar-refractivity contribution in [2.45, 2.75) is 103 Å². The van der Waals surface area contributed by atoms with E-state index < -0.39 is 0 Å². The van der Waals surface area contributed by atoms with Crippen molar-refractivity contribution < 1.29 is 14.6 Å². The van der Waals surface area contributed by atoms with Crippen molar-refractivity contribution in [3.63, 3.8) is 0 Å². The molecule has 1 N–H and O–H groups in total. The summed E-state index contributed by atoms with van der Waals surface area (Å²) in [5.74, 6) is 2.86. The number of phenols is 1. The van der Waals surface area contributed by atoms with Crippen LogP contribution in [0.3, 0.4) is 0 Å². The highest BCUT2D eigenvalue weighted by Gasteiger charge is 2.17. The minimum absolute atomic E-state index is 0.272. The topological polar surface area (TPSA) is 38.7 Å². The van der Waals surface area contributed by atoms with Crippen LogP contribution in [0.25, 0.3) is 0 Å². The Bertz CT molecular complexity index is 1070. The van der Waals surface area contributed by atoms with E-state index in [9.17, 15) is 5.11 Å². The quantitative estimate of drug-likeness (QED) is 0.182. The number of aryl methyl sites for hydroxylation is 1. The molecule has 3 aromatic carbocycles. The van der Waals surface area contributed by atoms with Crippen molar-refractivity contribution >= 4 is 0 Å². The van der Waals surface area contributed by atoms with Gasteiger partial charge in [-0.1, -0.05) is 81.6 Å². The van der Waals surface area contributed by atoms with Gasteiger partial charge in [0.05, 0.1) is 6.61 Å². The van der Waals surface area contributed by atoms with Gasteiger partial charge in [-0.25, -0.2) is 0 Å². The zero-order chi connectivity index (χ0) is 26.7. The van der Waals surface area contributed by atoms with Crippen LogP contribution in [0, 0.1) is 0 Å². The maximum atomic E-state index is 9.57. The maximum Gasteiger partial charge on any atom is 0.196 e. The number of benzene rings is 3. The minimum Gasteiger partial charge on any atom is -0.508 e. The van der Waals surface area contributed by atoms with Crippen molar-refractivity contribution in [1.29, 1.82) is 0 Å². The summed E-state index contributed by atoms with van der Waals surface area (Å²) < 4.78 is 12.0. The molecule has 0 bridgehead atoms. The Kier molecular flexibility index (Phi) is 10.7. The fraction of sp³-hybridized carbons (Fsp3) is 0.486. The van der Waals surface area contributed by atoms with Crippen LogP contribution in [-0.2, 0) is 11.2 Å². The van der Waals surface area contributed by atoms with Crippen LogP contribution >= 0.6 is 0 Å².